The first kappa shape index (κ1) is 9.92. The lowest BCUT2D eigenvalue weighted by molar-refractivity contribution is 0.880. The summed E-state index contributed by atoms with van der Waals surface area (Å²) in [6.07, 6.45) is 0. The van der Waals surface area contributed by atoms with Gasteiger partial charge in [0.2, 0.25) is 0 Å². The van der Waals surface area contributed by atoms with Crippen molar-refractivity contribution in [3.8, 4) is 6.07 Å². The van der Waals surface area contributed by atoms with Gasteiger partial charge in [0.25, 0.3) is 0 Å². The Bertz CT molecular complexity index is 571. The Morgan fingerprint density at radius 1 is 0.941 bits per heavy atom. The molecule has 2 aromatic rings. The highest BCUT2D eigenvalue weighted by molar-refractivity contribution is 5.55. The van der Waals surface area contributed by atoms with Crippen molar-refractivity contribution in [3.63, 3.8) is 0 Å². The van der Waals surface area contributed by atoms with E-state index in [-0.39, 0.29) is 0 Å². The summed E-state index contributed by atoms with van der Waals surface area (Å²) in [5, 5.41) is 8.91. The van der Waals surface area contributed by atoms with Gasteiger partial charge in [-0.05, 0) is 29.3 Å². The van der Waals surface area contributed by atoms with E-state index < -0.39 is 0 Å². The van der Waals surface area contributed by atoms with E-state index in [4.69, 9.17) is 5.26 Å². The fourth-order valence-electron chi connectivity index (χ4n) is 2.29. The van der Waals surface area contributed by atoms with Gasteiger partial charge in [0.15, 0.2) is 0 Å². The molecule has 3 rings (SSSR count). The maximum absolute atomic E-state index is 8.91. The third kappa shape index (κ3) is 1.76. The molecule has 0 bridgehead atoms. The van der Waals surface area contributed by atoms with Crippen LogP contribution in [-0.2, 0) is 13.1 Å². The summed E-state index contributed by atoms with van der Waals surface area (Å²) in [5.41, 5.74) is 4.61. The number of anilines is 1. The molecule has 0 saturated heterocycles. The highest BCUT2D eigenvalue weighted by atomic mass is 15.1. The molecule has 2 aromatic carbocycles. The number of rotatable bonds is 1. The second-order valence-electron chi connectivity index (χ2n) is 4.29. The van der Waals surface area contributed by atoms with Crippen molar-refractivity contribution >= 4 is 5.69 Å². The molecule has 82 valence electrons. The van der Waals surface area contributed by atoms with Crippen LogP contribution in [0.3, 0.4) is 0 Å². The van der Waals surface area contributed by atoms with E-state index in [1.807, 2.05) is 18.2 Å². The first-order valence-electron chi connectivity index (χ1n) is 5.69. The van der Waals surface area contributed by atoms with Crippen molar-refractivity contribution in [2.24, 2.45) is 0 Å². The van der Waals surface area contributed by atoms with Crippen LogP contribution in [0.5, 0.6) is 0 Å². The summed E-state index contributed by atoms with van der Waals surface area (Å²) in [7, 11) is 0. The van der Waals surface area contributed by atoms with Gasteiger partial charge in [-0.3, -0.25) is 0 Å². The van der Waals surface area contributed by atoms with Gasteiger partial charge in [-0.1, -0.05) is 30.3 Å². The predicted molar refractivity (Wildman–Crippen MR) is 67.5 cm³/mol. The Balaban J connectivity index is 1.92. The van der Waals surface area contributed by atoms with E-state index in [1.165, 1.54) is 11.1 Å². The molecule has 0 atom stereocenters. The molecule has 0 radical (unpaired) electrons. The lowest BCUT2D eigenvalue weighted by Crippen LogP contribution is -2.14. The summed E-state index contributed by atoms with van der Waals surface area (Å²) in [6.45, 7) is 1.87. The van der Waals surface area contributed by atoms with E-state index >= 15 is 0 Å². The molecule has 1 aliphatic rings. The Morgan fingerprint density at radius 2 is 1.65 bits per heavy atom. The maximum atomic E-state index is 8.91. The Labute approximate surface area is 101 Å². The molecular formula is C15H12N2. The van der Waals surface area contributed by atoms with Crippen LogP contribution in [-0.4, -0.2) is 0 Å². The van der Waals surface area contributed by atoms with Crippen LogP contribution in [0, 0.1) is 11.3 Å². The Kier molecular flexibility index (Phi) is 2.31. The van der Waals surface area contributed by atoms with E-state index in [9.17, 15) is 0 Å². The van der Waals surface area contributed by atoms with Gasteiger partial charge in [-0.2, -0.15) is 5.26 Å². The highest BCUT2D eigenvalue weighted by Gasteiger charge is 2.18. The minimum Gasteiger partial charge on any atom is -0.363 e. The second kappa shape index (κ2) is 3.95. The number of fused-ring (bicyclic) bond motifs is 1. The number of benzene rings is 2. The van der Waals surface area contributed by atoms with Crippen molar-refractivity contribution in [1.82, 2.24) is 0 Å². The molecule has 0 aromatic heterocycles. The monoisotopic (exact) mass is 220 g/mol. The average molecular weight is 220 g/mol. The minimum absolute atomic E-state index is 0.721. The van der Waals surface area contributed by atoms with Crippen molar-refractivity contribution in [1.29, 1.82) is 5.26 Å². The first-order chi connectivity index (χ1) is 8.36. The van der Waals surface area contributed by atoms with Crippen LogP contribution in [0.25, 0.3) is 0 Å². The highest BCUT2D eigenvalue weighted by Crippen LogP contribution is 2.28. The average Bonchev–Trinajstić information content (AvgIpc) is 2.82. The zero-order valence-corrected chi connectivity index (χ0v) is 9.43. The van der Waals surface area contributed by atoms with E-state index in [0.717, 1.165) is 24.3 Å². The van der Waals surface area contributed by atoms with Gasteiger partial charge >= 0.3 is 0 Å². The van der Waals surface area contributed by atoms with Crippen LogP contribution < -0.4 is 4.90 Å². The van der Waals surface area contributed by atoms with Crippen LogP contribution >= 0.6 is 0 Å². The molecule has 1 heterocycles. The second-order valence-corrected chi connectivity index (χ2v) is 4.29. The van der Waals surface area contributed by atoms with Crippen LogP contribution in [0.15, 0.2) is 48.5 Å². The van der Waals surface area contributed by atoms with Crippen LogP contribution in [0.1, 0.15) is 16.7 Å². The van der Waals surface area contributed by atoms with Gasteiger partial charge in [-0.15, -0.1) is 0 Å². The normalized spacial score (nSPS) is 13.2. The van der Waals surface area contributed by atoms with Crippen LogP contribution in [0.2, 0.25) is 0 Å². The number of hydrogen-bond acceptors (Lipinski definition) is 2. The molecule has 17 heavy (non-hydrogen) atoms. The molecule has 0 N–H and O–H groups in total. The molecule has 1 aliphatic heterocycles. The van der Waals surface area contributed by atoms with Gasteiger partial charge in [-0.25, -0.2) is 0 Å². The van der Waals surface area contributed by atoms with Crippen molar-refractivity contribution < 1.29 is 0 Å². The zero-order valence-electron chi connectivity index (χ0n) is 9.43. The topological polar surface area (TPSA) is 27.0 Å². The number of nitrogens with zero attached hydrogens (tertiary/aromatic N) is 2. The summed E-state index contributed by atoms with van der Waals surface area (Å²) >= 11 is 0. The summed E-state index contributed by atoms with van der Waals surface area (Å²) < 4.78 is 0. The van der Waals surface area contributed by atoms with Crippen molar-refractivity contribution in [3.05, 3.63) is 65.2 Å². The number of nitriles is 1. The summed E-state index contributed by atoms with van der Waals surface area (Å²) in [6, 6.07) is 18.5. The molecule has 2 nitrogen and oxygen atoms in total. The lowest BCUT2D eigenvalue weighted by atomic mass is 10.1. The molecule has 0 saturated carbocycles. The SMILES string of the molecule is N#Cc1cccc(N2Cc3ccccc3C2)c1. The maximum Gasteiger partial charge on any atom is 0.0992 e. The number of hydrogen-bond donors (Lipinski definition) is 0. The van der Waals surface area contributed by atoms with E-state index in [2.05, 4.69) is 41.3 Å². The minimum atomic E-state index is 0.721. The van der Waals surface area contributed by atoms with Crippen molar-refractivity contribution in [2.75, 3.05) is 4.90 Å². The zero-order chi connectivity index (χ0) is 11.7. The molecule has 0 unspecified atom stereocenters. The fourth-order valence-corrected chi connectivity index (χ4v) is 2.29. The van der Waals surface area contributed by atoms with E-state index in [1.54, 1.807) is 0 Å². The predicted octanol–water partition coefficient (Wildman–Crippen LogP) is 3.08. The lowest BCUT2D eigenvalue weighted by Gasteiger charge is -2.17. The summed E-state index contributed by atoms with van der Waals surface area (Å²) in [4.78, 5) is 2.30. The molecule has 2 heteroatoms. The Morgan fingerprint density at radius 3 is 2.29 bits per heavy atom. The van der Waals surface area contributed by atoms with Gasteiger partial charge in [0.1, 0.15) is 0 Å². The third-order valence-corrected chi connectivity index (χ3v) is 3.18. The molecule has 0 spiro atoms. The summed E-state index contributed by atoms with van der Waals surface area (Å²) in [5.74, 6) is 0. The smallest absolute Gasteiger partial charge is 0.0992 e. The quantitative estimate of drug-likeness (QED) is 0.738. The van der Waals surface area contributed by atoms with Gasteiger partial charge in [0.05, 0.1) is 11.6 Å². The van der Waals surface area contributed by atoms with E-state index in [0.29, 0.717) is 0 Å². The van der Waals surface area contributed by atoms with Crippen LogP contribution in [0.4, 0.5) is 5.69 Å². The molecule has 0 fully saturated rings. The standard InChI is InChI=1S/C15H12N2/c16-9-12-4-3-7-15(8-12)17-10-13-5-1-2-6-14(13)11-17/h1-8H,10-11H2. The van der Waals surface area contributed by atoms with Gasteiger partial charge in [0, 0.05) is 18.8 Å². The third-order valence-electron chi connectivity index (χ3n) is 3.18. The molecular weight excluding hydrogens is 208 g/mol. The van der Waals surface area contributed by atoms with Gasteiger partial charge < -0.3 is 4.90 Å². The largest absolute Gasteiger partial charge is 0.363 e. The fraction of sp³-hybridized carbons (Fsp3) is 0.133. The Hall–Kier alpha value is -2.27. The first-order valence-corrected chi connectivity index (χ1v) is 5.69. The van der Waals surface area contributed by atoms with Crippen molar-refractivity contribution in [2.45, 2.75) is 13.1 Å². The molecule has 0 amide bonds. The molecule has 0 aliphatic carbocycles.